The van der Waals surface area contributed by atoms with E-state index in [0.29, 0.717) is 0 Å². The van der Waals surface area contributed by atoms with Crippen molar-refractivity contribution in [3.05, 3.63) is 28.2 Å². The third kappa shape index (κ3) is 3.72. The Morgan fingerprint density at radius 1 is 1.33 bits per heavy atom. The fourth-order valence-electron chi connectivity index (χ4n) is 2.26. The van der Waals surface area contributed by atoms with Crippen molar-refractivity contribution >= 4 is 21.6 Å². The molecule has 1 aromatic rings. The smallest absolute Gasteiger partial charge is 0.0412 e. The topological polar surface area (TPSA) is 15.3 Å². The fourth-order valence-corrected chi connectivity index (χ4v) is 2.67. The molecule has 0 unspecified atom stereocenters. The first-order valence-electron chi connectivity index (χ1n) is 7.01. The summed E-state index contributed by atoms with van der Waals surface area (Å²) in [6, 6.07) is 7.41. The van der Waals surface area contributed by atoms with Crippen molar-refractivity contribution in [3.8, 4) is 0 Å². The second-order valence-electron chi connectivity index (χ2n) is 5.01. The van der Waals surface area contributed by atoms with Crippen LogP contribution < -0.4 is 10.2 Å². The molecule has 0 saturated heterocycles. The molecule has 18 heavy (non-hydrogen) atoms. The average molecular weight is 311 g/mol. The summed E-state index contributed by atoms with van der Waals surface area (Å²) in [4.78, 5) is 2.47. The van der Waals surface area contributed by atoms with Crippen LogP contribution in [0.1, 0.15) is 38.7 Å². The molecule has 0 aromatic heterocycles. The molecule has 1 N–H and O–H groups in total. The Hall–Kier alpha value is -0.540. The lowest BCUT2D eigenvalue weighted by Gasteiger charge is -2.25. The van der Waals surface area contributed by atoms with E-state index >= 15 is 0 Å². The van der Waals surface area contributed by atoms with Crippen LogP contribution in [0.2, 0.25) is 0 Å². The highest BCUT2D eigenvalue weighted by Crippen LogP contribution is 2.26. The summed E-state index contributed by atoms with van der Waals surface area (Å²) in [7, 11) is 0. The number of rotatable bonds is 7. The zero-order valence-electron chi connectivity index (χ0n) is 11.4. The van der Waals surface area contributed by atoms with Gasteiger partial charge in [-0.2, -0.15) is 0 Å². The second-order valence-corrected chi connectivity index (χ2v) is 5.92. The summed E-state index contributed by atoms with van der Waals surface area (Å²) in [6.45, 7) is 7.67. The standard InChI is InChI=1S/C15H23BrN2/c1-3-9-18(4-2)15-8-5-13(16)10-12(15)11-17-14-6-7-14/h5,8,10,14,17H,3-4,6-7,9,11H2,1-2H3. The molecule has 0 aliphatic heterocycles. The van der Waals surface area contributed by atoms with E-state index in [9.17, 15) is 0 Å². The van der Waals surface area contributed by atoms with E-state index < -0.39 is 0 Å². The first-order chi connectivity index (χ1) is 8.74. The van der Waals surface area contributed by atoms with Crippen LogP contribution in [-0.2, 0) is 6.54 Å². The van der Waals surface area contributed by atoms with Gasteiger partial charge in [-0.05, 0) is 49.9 Å². The van der Waals surface area contributed by atoms with Gasteiger partial charge in [-0.3, -0.25) is 0 Å². The van der Waals surface area contributed by atoms with E-state index in [1.165, 1.54) is 35.0 Å². The molecule has 0 heterocycles. The van der Waals surface area contributed by atoms with E-state index in [-0.39, 0.29) is 0 Å². The van der Waals surface area contributed by atoms with Crippen molar-refractivity contribution in [2.24, 2.45) is 0 Å². The van der Waals surface area contributed by atoms with Gasteiger partial charge in [-0.15, -0.1) is 0 Å². The zero-order valence-corrected chi connectivity index (χ0v) is 13.0. The summed E-state index contributed by atoms with van der Waals surface area (Å²) in [5.41, 5.74) is 2.79. The first kappa shape index (κ1) is 13.9. The summed E-state index contributed by atoms with van der Waals surface area (Å²) in [5, 5.41) is 3.61. The third-order valence-corrected chi connectivity index (χ3v) is 3.91. The molecule has 1 aliphatic rings. The number of benzene rings is 1. The molecule has 1 fully saturated rings. The zero-order chi connectivity index (χ0) is 13.0. The maximum atomic E-state index is 3.61. The van der Waals surface area contributed by atoms with Crippen LogP contribution in [0.25, 0.3) is 0 Å². The van der Waals surface area contributed by atoms with E-state index in [1.54, 1.807) is 0 Å². The summed E-state index contributed by atoms with van der Waals surface area (Å²) in [6.07, 6.45) is 3.88. The molecular weight excluding hydrogens is 288 g/mol. The Morgan fingerprint density at radius 3 is 2.72 bits per heavy atom. The summed E-state index contributed by atoms with van der Waals surface area (Å²) < 4.78 is 1.17. The van der Waals surface area contributed by atoms with Crippen LogP contribution in [0.4, 0.5) is 5.69 Å². The highest BCUT2D eigenvalue weighted by Gasteiger charge is 2.21. The third-order valence-electron chi connectivity index (χ3n) is 3.42. The van der Waals surface area contributed by atoms with Crippen LogP contribution in [0.3, 0.4) is 0 Å². The number of anilines is 1. The molecule has 0 atom stereocenters. The molecule has 3 heteroatoms. The molecule has 2 nitrogen and oxygen atoms in total. The molecule has 0 bridgehead atoms. The van der Waals surface area contributed by atoms with E-state index in [0.717, 1.165) is 25.7 Å². The van der Waals surface area contributed by atoms with Crippen LogP contribution >= 0.6 is 15.9 Å². The minimum atomic E-state index is 0.762. The minimum Gasteiger partial charge on any atom is -0.372 e. The van der Waals surface area contributed by atoms with Gasteiger partial charge in [-0.25, -0.2) is 0 Å². The Kier molecular flexibility index (Phi) is 5.07. The molecule has 0 amide bonds. The molecule has 100 valence electrons. The van der Waals surface area contributed by atoms with E-state index in [4.69, 9.17) is 0 Å². The van der Waals surface area contributed by atoms with Crippen molar-refractivity contribution in [2.75, 3.05) is 18.0 Å². The molecule has 2 rings (SSSR count). The van der Waals surface area contributed by atoms with Crippen LogP contribution in [0, 0.1) is 0 Å². The van der Waals surface area contributed by atoms with Gasteiger partial charge >= 0.3 is 0 Å². The second kappa shape index (κ2) is 6.58. The Bertz CT molecular complexity index is 388. The van der Waals surface area contributed by atoms with Gasteiger partial charge in [-0.1, -0.05) is 22.9 Å². The van der Waals surface area contributed by atoms with E-state index in [1.807, 2.05) is 0 Å². The number of hydrogen-bond acceptors (Lipinski definition) is 2. The molecule has 0 spiro atoms. The predicted molar refractivity (Wildman–Crippen MR) is 82.2 cm³/mol. The van der Waals surface area contributed by atoms with Gasteiger partial charge in [0.2, 0.25) is 0 Å². The Balaban J connectivity index is 2.14. The average Bonchev–Trinajstić information content (AvgIpc) is 3.18. The molecule has 1 saturated carbocycles. The van der Waals surface area contributed by atoms with Gasteiger partial charge in [0, 0.05) is 35.8 Å². The van der Waals surface area contributed by atoms with Gasteiger partial charge in [0.1, 0.15) is 0 Å². The molecular formula is C15H23BrN2. The fraction of sp³-hybridized carbons (Fsp3) is 0.600. The largest absolute Gasteiger partial charge is 0.372 e. The molecule has 1 aromatic carbocycles. The van der Waals surface area contributed by atoms with Crippen molar-refractivity contribution in [1.82, 2.24) is 5.32 Å². The van der Waals surface area contributed by atoms with Gasteiger partial charge in [0.25, 0.3) is 0 Å². The maximum Gasteiger partial charge on any atom is 0.0412 e. The Labute approximate surface area is 119 Å². The number of nitrogens with one attached hydrogen (secondary N) is 1. The SMILES string of the molecule is CCCN(CC)c1ccc(Br)cc1CNC1CC1. The maximum absolute atomic E-state index is 3.61. The molecule has 1 aliphatic carbocycles. The lowest BCUT2D eigenvalue weighted by atomic mass is 10.1. The van der Waals surface area contributed by atoms with Crippen LogP contribution in [0.15, 0.2) is 22.7 Å². The quantitative estimate of drug-likeness (QED) is 0.820. The van der Waals surface area contributed by atoms with Crippen molar-refractivity contribution in [3.63, 3.8) is 0 Å². The lowest BCUT2D eigenvalue weighted by Crippen LogP contribution is -2.26. The van der Waals surface area contributed by atoms with E-state index in [2.05, 4.69) is 58.2 Å². The molecule has 0 radical (unpaired) electrons. The number of hydrogen-bond donors (Lipinski definition) is 1. The highest BCUT2D eigenvalue weighted by atomic mass is 79.9. The van der Waals surface area contributed by atoms with Crippen LogP contribution in [-0.4, -0.2) is 19.1 Å². The van der Waals surface area contributed by atoms with Crippen LogP contribution in [0.5, 0.6) is 0 Å². The first-order valence-corrected chi connectivity index (χ1v) is 7.80. The highest BCUT2D eigenvalue weighted by molar-refractivity contribution is 9.10. The van der Waals surface area contributed by atoms with Crippen molar-refractivity contribution < 1.29 is 0 Å². The van der Waals surface area contributed by atoms with Gasteiger partial charge in [0.05, 0.1) is 0 Å². The van der Waals surface area contributed by atoms with Gasteiger partial charge < -0.3 is 10.2 Å². The van der Waals surface area contributed by atoms with Gasteiger partial charge in [0.15, 0.2) is 0 Å². The van der Waals surface area contributed by atoms with Crippen molar-refractivity contribution in [2.45, 2.75) is 45.7 Å². The monoisotopic (exact) mass is 310 g/mol. The minimum absolute atomic E-state index is 0.762. The number of halogens is 1. The normalized spacial score (nSPS) is 14.8. The Morgan fingerprint density at radius 2 is 2.11 bits per heavy atom. The lowest BCUT2D eigenvalue weighted by molar-refractivity contribution is 0.682. The summed E-state index contributed by atoms with van der Waals surface area (Å²) in [5.74, 6) is 0. The van der Waals surface area contributed by atoms with Crippen molar-refractivity contribution in [1.29, 1.82) is 0 Å². The predicted octanol–water partition coefficient (Wildman–Crippen LogP) is 3.94. The number of nitrogens with zero attached hydrogens (tertiary/aromatic N) is 1. The summed E-state index contributed by atoms with van der Waals surface area (Å²) >= 11 is 3.58.